The van der Waals surface area contributed by atoms with Crippen molar-refractivity contribution >= 4 is 11.7 Å². The molecule has 0 radical (unpaired) electrons. The fourth-order valence-electron chi connectivity index (χ4n) is 2.20. The summed E-state index contributed by atoms with van der Waals surface area (Å²) in [6.45, 7) is 0. The molecule has 104 valence electrons. The Morgan fingerprint density at radius 3 is 2.74 bits per heavy atom. The van der Waals surface area contributed by atoms with Gasteiger partial charge >= 0.3 is 6.03 Å². The predicted octanol–water partition coefficient (Wildman–Crippen LogP) is 2.39. The van der Waals surface area contributed by atoms with Gasteiger partial charge in [0.2, 0.25) is 0 Å². The Balaban J connectivity index is 1.95. The second kappa shape index (κ2) is 5.97. The van der Waals surface area contributed by atoms with E-state index in [-0.39, 0.29) is 11.7 Å². The Hall–Kier alpha value is -1.69. The summed E-state index contributed by atoms with van der Waals surface area (Å²) < 4.78 is 26.3. The lowest BCUT2D eigenvalue weighted by Gasteiger charge is -2.28. The van der Waals surface area contributed by atoms with E-state index in [4.69, 9.17) is 0 Å². The highest BCUT2D eigenvalue weighted by molar-refractivity contribution is 5.89. The summed E-state index contributed by atoms with van der Waals surface area (Å²) in [5.41, 5.74) is -0.220. The summed E-state index contributed by atoms with van der Waals surface area (Å²) in [6.07, 6.45) is 2.59. The zero-order valence-electron chi connectivity index (χ0n) is 10.3. The average Bonchev–Trinajstić information content (AvgIpc) is 2.37. The topological polar surface area (TPSA) is 61.4 Å². The summed E-state index contributed by atoms with van der Waals surface area (Å²) in [6, 6.07) is 1.84. The molecule has 1 aromatic rings. The molecular weight excluding hydrogens is 254 g/mol. The molecule has 0 aromatic heterocycles. The molecule has 1 aliphatic rings. The second-order valence-corrected chi connectivity index (χ2v) is 4.68. The molecule has 2 amide bonds. The Morgan fingerprint density at radius 1 is 1.26 bits per heavy atom. The first-order valence-electron chi connectivity index (χ1n) is 6.27. The van der Waals surface area contributed by atoms with Crippen LogP contribution in [0.2, 0.25) is 0 Å². The van der Waals surface area contributed by atoms with E-state index in [1.165, 1.54) is 0 Å². The Bertz CT molecular complexity index is 468. The number of rotatable bonds is 2. The first kappa shape index (κ1) is 13.7. The van der Waals surface area contributed by atoms with E-state index >= 15 is 0 Å². The second-order valence-electron chi connectivity index (χ2n) is 4.68. The van der Waals surface area contributed by atoms with Crippen LogP contribution in [0.15, 0.2) is 18.2 Å². The van der Waals surface area contributed by atoms with Crippen molar-refractivity contribution < 1.29 is 18.7 Å². The number of anilines is 1. The van der Waals surface area contributed by atoms with Crippen molar-refractivity contribution in [2.45, 2.75) is 37.8 Å². The number of nitrogens with one attached hydrogen (secondary N) is 2. The minimum absolute atomic E-state index is 0.220. The summed E-state index contributed by atoms with van der Waals surface area (Å²) in [5.74, 6) is -1.34. The first-order chi connectivity index (χ1) is 9.06. The van der Waals surface area contributed by atoms with Crippen molar-refractivity contribution in [1.29, 1.82) is 0 Å². The fourth-order valence-corrected chi connectivity index (χ4v) is 2.20. The summed E-state index contributed by atoms with van der Waals surface area (Å²) >= 11 is 0. The van der Waals surface area contributed by atoms with Crippen LogP contribution in [0.25, 0.3) is 0 Å². The average molecular weight is 270 g/mol. The largest absolute Gasteiger partial charge is 0.391 e. The standard InChI is InChI=1S/C13H16F2N2O2/c14-8-5-6-9(15)11(7-8)17-13(19)16-10-3-1-2-4-12(10)18/h5-7,10,12,18H,1-4H2,(H2,16,17,19). The van der Waals surface area contributed by atoms with Crippen molar-refractivity contribution in [1.82, 2.24) is 5.32 Å². The molecule has 0 bridgehead atoms. The van der Waals surface area contributed by atoms with Crippen LogP contribution < -0.4 is 10.6 Å². The summed E-state index contributed by atoms with van der Waals surface area (Å²) in [5, 5.41) is 14.5. The van der Waals surface area contributed by atoms with E-state index in [0.29, 0.717) is 12.8 Å². The Labute approximate surface area is 109 Å². The van der Waals surface area contributed by atoms with Gasteiger partial charge in [-0.3, -0.25) is 0 Å². The first-order valence-corrected chi connectivity index (χ1v) is 6.27. The third kappa shape index (κ3) is 3.64. The van der Waals surface area contributed by atoms with Crippen molar-refractivity contribution in [3.05, 3.63) is 29.8 Å². The minimum Gasteiger partial charge on any atom is -0.391 e. The zero-order chi connectivity index (χ0) is 13.8. The lowest BCUT2D eigenvalue weighted by Crippen LogP contribution is -2.46. The molecular formula is C13H16F2N2O2. The molecule has 0 aliphatic heterocycles. The molecule has 2 unspecified atom stereocenters. The van der Waals surface area contributed by atoms with Gasteiger partial charge in [-0.1, -0.05) is 12.8 Å². The van der Waals surface area contributed by atoms with Gasteiger partial charge in [0.1, 0.15) is 11.6 Å². The third-order valence-corrected chi connectivity index (χ3v) is 3.22. The van der Waals surface area contributed by atoms with E-state index < -0.39 is 23.8 Å². The van der Waals surface area contributed by atoms with Crippen LogP contribution in [0.1, 0.15) is 25.7 Å². The van der Waals surface area contributed by atoms with Gasteiger partial charge in [-0.25, -0.2) is 13.6 Å². The van der Waals surface area contributed by atoms with Gasteiger partial charge in [-0.2, -0.15) is 0 Å². The minimum atomic E-state index is -0.708. The monoisotopic (exact) mass is 270 g/mol. The van der Waals surface area contributed by atoms with E-state index in [0.717, 1.165) is 31.0 Å². The van der Waals surface area contributed by atoms with Gasteiger partial charge in [0.15, 0.2) is 0 Å². The van der Waals surface area contributed by atoms with E-state index in [2.05, 4.69) is 10.6 Å². The Kier molecular flexibility index (Phi) is 4.31. The number of aliphatic hydroxyl groups excluding tert-OH is 1. The highest BCUT2D eigenvalue weighted by Gasteiger charge is 2.24. The van der Waals surface area contributed by atoms with Gasteiger partial charge in [0, 0.05) is 6.07 Å². The van der Waals surface area contributed by atoms with Crippen LogP contribution in [0.3, 0.4) is 0 Å². The van der Waals surface area contributed by atoms with Crippen molar-refractivity contribution in [3.8, 4) is 0 Å². The van der Waals surface area contributed by atoms with Crippen LogP contribution in [-0.4, -0.2) is 23.3 Å². The number of benzene rings is 1. The third-order valence-electron chi connectivity index (χ3n) is 3.22. The molecule has 1 saturated carbocycles. The lowest BCUT2D eigenvalue weighted by atomic mass is 9.93. The molecule has 1 aromatic carbocycles. The van der Waals surface area contributed by atoms with Crippen molar-refractivity contribution in [2.75, 3.05) is 5.32 Å². The van der Waals surface area contributed by atoms with Crippen LogP contribution in [0, 0.1) is 11.6 Å². The van der Waals surface area contributed by atoms with Crippen LogP contribution in [-0.2, 0) is 0 Å². The van der Waals surface area contributed by atoms with Gasteiger partial charge < -0.3 is 15.7 Å². The van der Waals surface area contributed by atoms with Gasteiger partial charge in [0.25, 0.3) is 0 Å². The zero-order valence-corrected chi connectivity index (χ0v) is 10.3. The van der Waals surface area contributed by atoms with E-state index in [9.17, 15) is 18.7 Å². The van der Waals surface area contributed by atoms with E-state index in [1.54, 1.807) is 0 Å². The molecule has 0 spiro atoms. The number of amides is 2. The highest BCUT2D eigenvalue weighted by Crippen LogP contribution is 2.19. The van der Waals surface area contributed by atoms with Gasteiger partial charge in [0.05, 0.1) is 17.8 Å². The molecule has 4 nitrogen and oxygen atoms in total. The number of urea groups is 1. The smallest absolute Gasteiger partial charge is 0.319 e. The maximum Gasteiger partial charge on any atom is 0.319 e. The van der Waals surface area contributed by atoms with Crippen LogP contribution >= 0.6 is 0 Å². The van der Waals surface area contributed by atoms with Crippen LogP contribution in [0.4, 0.5) is 19.3 Å². The quantitative estimate of drug-likeness (QED) is 0.772. The molecule has 1 aliphatic carbocycles. The van der Waals surface area contributed by atoms with E-state index in [1.807, 2.05) is 0 Å². The molecule has 2 rings (SSSR count). The predicted molar refractivity (Wildman–Crippen MR) is 66.8 cm³/mol. The van der Waals surface area contributed by atoms with Gasteiger partial charge in [-0.15, -0.1) is 0 Å². The number of carbonyl (C=O) groups is 1. The molecule has 19 heavy (non-hydrogen) atoms. The SMILES string of the molecule is O=C(Nc1cc(F)ccc1F)NC1CCCCC1O. The number of aliphatic hydroxyl groups is 1. The molecule has 0 heterocycles. The fraction of sp³-hybridized carbons (Fsp3) is 0.462. The molecule has 1 fully saturated rings. The molecule has 0 saturated heterocycles. The molecule has 2 atom stereocenters. The van der Waals surface area contributed by atoms with Crippen molar-refractivity contribution in [2.24, 2.45) is 0 Å². The van der Waals surface area contributed by atoms with Crippen molar-refractivity contribution in [3.63, 3.8) is 0 Å². The highest BCUT2D eigenvalue weighted by atomic mass is 19.1. The van der Waals surface area contributed by atoms with Gasteiger partial charge in [-0.05, 0) is 25.0 Å². The Morgan fingerprint density at radius 2 is 2.00 bits per heavy atom. The molecule has 3 N–H and O–H groups in total. The number of halogens is 2. The lowest BCUT2D eigenvalue weighted by molar-refractivity contribution is 0.0955. The maximum atomic E-state index is 13.3. The number of hydrogen-bond donors (Lipinski definition) is 3. The maximum absolute atomic E-state index is 13.3. The molecule has 6 heteroatoms. The summed E-state index contributed by atoms with van der Waals surface area (Å²) in [4.78, 5) is 11.7. The van der Waals surface area contributed by atoms with Crippen LogP contribution in [0.5, 0.6) is 0 Å². The summed E-state index contributed by atoms with van der Waals surface area (Å²) in [7, 11) is 0. The number of carbonyl (C=O) groups excluding carboxylic acids is 1. The normalized spacial score (nSPS) is 22.9. The number of hydrogen-bond acceptors (Lipinski definition) is 2.